The molecule has 2 N–H and O–H groups in total. The van der Waals surface area contributed by atoms with Crippen LogP contribution in [0.3, 0.4) is 0 Å². The van der Waals surface area contributed by atoms with E-state index in [2.05, 4.69) is 20.6 Å². The Kier molecular flexibility index (Phi) is 4.30. The number of hydrogen-bond acceptors (Lipinski definition) is 4. The van der Waals surface area contributed by atoms with Gasteiger partial charge in [-0.2, -0.15) is 0 Å². The van der Waals surface area contributed by atoms with Crippen LogP contribution in [-0.4, -0.2) is 29.0 Å². The highest BCUT2D eigenvalue weighted by atomic mass is 35.5. The minimum absolute atomic E-state index is 0.0772. The number of nitrogens with zero attached hydrogens (tertiary/aromatic N) is 2. The summed E-state index contributed by atoms with van der Waals surface area (Å²) in [5, 5.41) is 5.73. The molecule has 82 valence electrons. The number of nitrogens with one attached hydrogen (secondary N) is 2. The van der Waals surface area contributed by atoms with Crippen molar-refractivity contribution in [3.8, 4) is 0 Å². The van der Waals surface area contributed by atoms with Gasteiger partial charge < -0.3 is 10.6 Å². The molecule has 1 amide bonds. The predicted molar refractivity (Wildman–Crippen MR) is 59.0 cm³/mol. The molecular weight excluding hydrogens is 216 g/mol. The van der Waals surface area contributed by atoms with Gasteiger partial charge in [-0.15, -0.1) is 0 Å². The third-order valence-electron chi connectivity index (χ3n) is 1.73. The SMILES string of the molecule is CCNC(=O)CNc1nc(Cl)ncc1C. The second kappa shape index (κ2) is 5.50. The van der Waals surface area contributed by atoms with Crippen LogP contribution in [-0.2, 0) is 4.79 Å². The molecule has 1 aromatic heterocycles. The van der Waals surface area contributed by atoms with Crippen molar-refractivity contribution in [1.82, 2.24) is 15.3 Å². The molecular formula is C9H13ClN4O. The predicted octanol–water partition coefficient (Wildman–Crippen LogP) is 0.986. The largest absolute Gasteiger partial charge is 0.361 e. The second-order valence-electron chi connectivity index (χ2n) is 2.98. The van der Waals surface area contributed by atoms with Crippen LogP contribution in [0.2, 0.25) is 5.28 Å². The van der Waals surface area contributed by atoms with E-state index in [1.807, 2.05) is 13.8 Å². The lowest BCUT2D eigenvalue weighted by Crippen LogP contribution is -2.29. The van der Waals surface area contributed by atoms with E-state index in [1.165, 1.54) is 0 Å². The Balaban J connectivity index is 2.57. The number of anilines is 1. The molecule has 0 radical (unpaired) electrons. The molecule has 1 aromatic rings. The first-order valence-corrected chi connectivity index (χ1v) is 5.01. The van der Waals surface area contributed by atoms with Gasteiger partial charge in [0.05, 0.1) is 6.54 Å². The van der Waals surface area contributed by atoms with Crippen LogP contribution in [0, 0.1) is 6.92 Å². The van der Waals surface area contributed by atoms with E-state index >= 15 is 0 Å². The first-order chi connectivity index (χ1) is 7.13. The van der Waals surface area contributed by atoms with Crippen LogP contribution in [0.5, 0.6) is 0 Å². The van der Waals surface area contributed by atoms with Gasteiger partial charge in [-0.3, -0.25) is 4.79 Å². The fourth-order valence-corrected chi connectivity index (χ4v) is 1.16. The molecule has 0 atom stereocenters. The monoisotopic (exact) mass is 228 g/mol. The van der Waals surface area contributed by atoms with Crippen LogP contribution in [0.4, 0.5) is 5.82 Å². The minimum atomic E-state index is -0.0772. The van der Waals surface area contributed by atoms with Crippen molar-refractivity contribution in [1.29, 1.82) is 0 Å². The number of amides is 1. The molecule has 0 aliphatic heterocycles. The number of aryl methyl sites for hydroxylation is 1. The number of likely N-dealkylation sites (N-methyl/N-ethyl adjacent to an activating group) is 1. The Bertz CT molecular complexity index is 356. The topological polar surface area (TPSA) is 66.9 Å². The molecule has 0 spiro atoms. The molecule has 0 aliphatic rings. The van der Waals surface area contributed by atoms with Crippen LogP contribution in [0.25, 0.3) is 0 Å². The summed E-state index contributed by atoms with van der Waals surface area (Å²) < 4.78 is 0. The minimum Gasteiger partial charge on any atom is -0.361 e. The summed E-state index contributed by atoms with van der Waals surface area (Å²) in [4.78, 5) is 18.9. The first-order valence-electron chi connectivity index (χ1n) is 4.63. The quantitative estimate of drug-likeness (QED) is 0.755. The van der Waals surface area contributed by atoms with Crippen molar-refractivity contribution >= 4 is 23.3 Å². The summed E-state index contributed by atoms with van der Waals surface area (Å²) in [6.45, 7) is 4.51. The maximum atomic E-state index is 11.2. The highest BCUT2D eigenvalue weighted by Gasteiger charge is 2.04. The Hall–Kier alpha value is -1.36. The number of carbonyl (C=O) groups excluding carboxylic acids is 1. The Morgan fingerprint density at radius 2 is 2.33 bits per heavy atom. The van der Waals surface area contributed by atoms with E-state index in [0.29, 0.717) is 12.4 Å². The van der Waals surface area contributed by atoms with Crippen molar-refractivity contribution in [2.75, 3.05) is 18.4 Å². The number of carbonyl (C=O) groups is 1. The van der Waals surface area contributed by atoms with Gasteiger partial charge >= 0.3 is 0 Å². The van der Waals surface area contributed by atoms with Crippen LogP contribution in [0.1, 0.15) is 12.5 Å². The van der Waals surface area contributed by atoms with Gasteiger partial charge in [0.2, 0.25) is 11.2 Å². The highest BCUT2D eigenvalue weighted by molar-refractivity contribution is 6.28. The first kappa shape index (κ1) is 11.7. The van der Waals surface area contributed by atoms with E-state index in [1.54, 1.807) is 6.20 Å². The van der Waals surface area contributed by atoms with Gasteiger partial charge in [0.25, 0.3) is 0 Å². The zero-order chi connectivity index (χ0) is 11.3. The summed E-state index contributed by atoms with van der Waals surface area (Å²) in [5.41, 5.74) is 0.851. The average Bonchev–Trinajstić information content (AvgIpc) is 2.20. The molecule has 5 nitrogen and oxygen atoms in total. The normalized spacial score (nSPS) is 9.80. The van der Waals surface area contributed by atoms with E-state index in [-0.39, 0.29) is 17.7 Å². The molecule has 0 aliphatic carbocycles. The van der Waals surface area contributed by atoms with E-state index < -0.39 is 0 Å². The van der Waals surface area contributed by atoms with Crippen LogP contribution >= 0.6 is 11.6 Å². The third kappa shape index (κ3) is 3.71. The summed E-state index contributed by atoms with van der Waals surface area (Å²) >= 11 is 5.63. The molecule has 0 fully saturated rings. The fourth-order valence-electron chi connectivity index (χ4n) is 1.02. The number of rotatable bonds is 4. The zero-order valence-electron chi connectivity index (χ0n) is 8.67. The zero-order valence-corrected chi connectivity index (χ0v) is 9.43. The average molecular weight is 229 g/mol. The highest BCUT2D eigenvalue weighted by Crippen LogP contribution is 2.11. The molecule has 15 heavy (non-hydrogen) atoms. The van der Waals surface area contributed by atoms with Crippen molar-refractivity contribution < 1.29 is 4.79 Å². The molecule has 0 bridgehead atoms. The van der Waals surface area contributed by atoms with Crippen molar-refractivity contribution in [2.45, 2.75) is 13.8 Å². The molecule has 1 rings (SSSR count). The molecule has 0 aromatic carbocycles. The lowest BCUT2D eigenvalue weighted by molar-refractivity contribution is -0.119. The molecule has 0 saturated heterocycles. The number of halogens is 1. The van der Waals surface area contributed by atoms with E-state index in [4.69, 9.17) is 11.6 Å². The number of aromatic nitrogens is 2. The summed E-state index contributed by atoms with van der Waals surface area (Å²) in [5.74, 6) is 0.507. The Labute approximate surface area is 93.3 Å². The van der Waals surface area contributed by atoms with Gasteiger partial charge in [0, 0.05) is 18.3 Å². The van der Waals surface area contributed by atoms with E-state index in [0.717, 1.165) is 5.56 Å². The van der Waals surface area contributed by atoms with Gasteiger partial charge in [0.1, 0.15) is 5.82 Å². The third-order valence-corrected chi connectivity index (χ3v) is 1.91. The van der Waals surface area contributed by atoms with Crippen molar-refractivity contribution in [3.63, 3.8) is 0 Å². The fraction of sp³-hybridized carbons (Fsp3) is 0.444. The lowest BCUT2D eigenvalue weighted by atomic mass is 10.3. The summed E-state index contributed by atoms with van der Waals surface area (Å²) in [6, 6.07) is 0. The van der Waals surface area contributed by atoms with Crippen LogP contribution < -0.4 is 10.6 Å². The van der Waals surface area contributed by atoms with E-state index in [9.17, 15) is 4.79 Å². The van der Waals surface area contributed by atoms with Gasteiger partial charge in [-0.25, -0.2) is 9.97 Å². The molecule has 6 heteroatoms. The van der Waals surface area contributed by atoms with Gasteiger partial charge in [-0.05, 0) is 25.4 Å². The summed E-state index contributed by atoms with van der Waals surface area (Å²) in [6.07, 6.45) is 1.61. The standard InChI is InChI=1S/C9H13ClN4O/c1-3-11-7(15)5-12-8-6(2)4-13-9(10)14-8/h4H,3,5H2,1-2H3,(H,11,15)(H,12,13,14). The maximum Gasteiger partial charge on any atom is 0.239 e. The molecule has 0 saturated carbocycles. The van der Waals surface area contributed by atoms with Gasteiger partial charge in [-0.1, -0.05) is 0 Å². The molecule has 0 unspecified atom stereocenters. The maximum absolute atomic E-state index is 11.2. The Morgan fingerprint density at radius 3 is 3.00 bits per heavy atom. The second-order valence-corrected chi connectivity index (χ2v) is 3.32. The van der Waals surface area contributed by atoms with Crippen molar-refractivity contribution in [2.24, 2.45) is 0 Å². The van der Waals surface area contributed by atoms with Crippen molar-refractivity contribution in [3.05, 3.63) is 17.0 Å². The molecule has 1 heterocycles. The van der Waals surface area contributed by atoms with Gasteiger partial charge in [0.15, 0.2) is 0 Å². The Morgan fingerprint density at radius 1 is 1.60 bits per heavy atom. The van der Waals surface area contributed by atoms with Crippen LogP contribution in [0.15, 0.2) is 6.20 Å². The number of hydrogen-bond donors (Lipinski definition) is 2. The summed E-state index contributed by atoms with van der Waals surface area (Å²) in [7, 11) is 0. The lowest BCUT2D eigenvalue weighted by Gasteiger charge is -2.07. The smallest absolute Gasteiger partial charge is 0.239 e.